The predicted octanol–water partition coefficient (Wildman–Crippen LogP) is 2.65. The number of aryl methyl sites for hydroxylation is 2. The van der Waals surface area contributed by atoms with Gasteiger partial charge >= 0.3 is 5.97 Å². The molecule has 1 aromatic heterocycles. The Hall–Kier alpha value is -1.58. The van der Waals surface area contributed by atoms with Gasteiger partial charge in [-0.2, -0.15) is 0 Å². The van der Waals surface area contributed by atoms with Crippen molar-refractivity contribution >= 4 is 12.0 Å². The number of rotatable bonds is 5. The second kappa shape index (κ2) is 6.10. The highest BCUT2D eigenvalue weighted by molar-refractivity contribution is 5.87. The van der Waals surface area contributed by atoms with E-state index in [4.69, 9.17) is 9.26 Å². The van der Waals surface area contributed by atoms with Crippen LogP contribution in [0, 0.1) is 13.8 Å². The van der Waals surface area contributed by atoms with Gasteiger partial charge in [-0.3, -0.25) is 0 Å². The van der Waals surface area contributed by atoms with Gasteiger partial charge in [0.1, 0.15) is 5.76 Å². The van der Waals surface area contributed by atoms with E-state index in [1.807, 2.05) is 20.8 Å². The highest BCUT2D eigenvalue weighted by Gasteiger charge is 2.05. The highest BCUT2D eigenvalue weighted by atomic mass is 16.5. The molecular formula is C12H17NO3. The molecule has 0 atom stereocenters. The monoisotopic (exact) mass is 223 g/mol. The second-order valence-corrected chi connectivity index (χ2v) is 3.59. The Labute approximate surface area is 95.3 Å². The van der Waals surface area contributed by atoms with Crippen LogP contribution in [0.1, 0.15) is 36.8 Å². The molecule has 0 fully saturated rings. The molecule has 0 aliphatic rings. The SMILES string of the molecule is CCCCOC(=O)/C=C/c1c(C)noc1C. The zero-order chi connectivity index (χ0) is 12.0. The maximum absolute atomic E-state index is 11.3. The van der Waals surface area contributed by atoms with Gasteiger partial charge in [0.25, 0.3) is 0 Å². The van der Waals surface area contributed by atoms with E-state index in [2.05, 4.69) is 5.16 Å². The van der Waals surface area contributed by atoms with Gasteiger partial charge in [0.2, 0.25) is 0 Å². The normalized spacial score (nSPS) is 10.9. The summed E-state index contributed by atoms with van der Waals surface area (Å²) in [7, 11) is 0. The average Bonchev–Trinajstić information content (AvgIpc) is 2.57. The van der Waals surface area contributed by atoms with Crippen molar-refractivity contribution in [2.45, 2.75) is 33.6 Å². The standard InChI is InChI=1S/C12H17NO3/c1-4-5-8-15-12(14)7-6-11-9(2)13-16-10(11)3/h6-7H,4-5,8H2,1-3H3/b7-6+. The summed E-state index contributed by atoms with van der Waals surface area (Å²) in [5.41, 5.74) is 1.61. The van der Waals surface area contributed by atoms with Gasteiger partial charge in [-0.25, -0.2) is 4.79 Å². The van der Waals surface area contributed by atoms with Crippen molar-refractivity contribution < 1.29 is 14.1 Å². The number of carbonyl (C=O) groups is 1. The average molecular weight is 223 g/mol. The summed E-state index contributed by atoms with van der Waals surface area (Å²) in [5, 5.41) is 3.79. The third kappa shape index (κ3) is 3.53. The van der Waals surface area contributed by atoms with Crippen molar-refractivity contribution in [3.05, 3.63) is 23.1 Å². The van der Waals surface area contributed by atoms with Gasteiger partial charge in [0.05, 0.1) is 12.3 Å². The molecule has 0 saturated heterocycles. The van der Waals surface area contributed by atoms with Gasteiger partial charge < -0.3 is 9.26 Å². The van der Waals surface area contributed by atoms with E-state index >= 15 is 0 Å². The van der Waals surface area contributed by atoms with Crippen LogP contribution in [0.25, 0.3) is 6.08 Å². The number of ether oxygens (including phenoxy) is 1. The molecule has 0 spiro atoms. The molecule has 0 aliphatic carbocycles. The lowest BCUT2D eigenvalue weighted by molar-refractivity contribution is -0.137. The molecule has 0 unspecified atom stereocenters. The van der Waals surface area contributed by atoms with Crippen LogP contribution in [0.5, 0.6) is 0 Å². The maximum Gasteiger partial charge on any atom is 0.330 e. The molecule has 0 N–H and O–H groups in total. The zero-order valence-corrected chi connectivity index (χ0v) is 9.95. The van der Waals surface area contributed by atoms with Crippen molar-refractivity contribution in [2.75, 3.05) is 6.61 Å². The van der Waals surface area contributed by atoms with Crippen LogP contribution in [-0.2, 0) is 9.53 Å². The molecule has 4 nitrogen and oxygen atoms in total. The maximum atomic E-state index is 11.3. The molecule has 0 amide bonds. The highest BCUT2D eigenvalue weighted by Crippen LogP contribution is 2.13. The summed E-state index contributed by atoms with van der Waals surface area (Å²) in [5.74, 6) is 0.378. The lowest BCUT2D eigenvalue weighted by Gasteiger charge is -1.98. The lowest BCUT2D eigenvalue weighted by Crippen LogP contribution is -2.01. The van der Waals surface area contributed by atoms with E-state index in [1.54, 1.807) is 6.08 Å². The molecule has 1 aromatic rings. The molecule has 1 heterocycles. The van der Waals surface area contributed by atoms with E-state index in [0.717, 1.165) is 24.1 Å². The Morgan fingerprint density at radius 3 is 2.81 bits per heavy atom. The Morgan fingerprint density at radius 2 is 2.25 bits per heavy atom. The zero-order valence-electron chi connectivity index (χ0n) is 9.95. The number of carbonyl (C=O) groups excluding carboxylic acids is 1. The molecular weight excluding hydrogens is 206 g/mol. The largest absolute Gasteiger partial charge is 0.463 e. The first-order chi connectivity index (χ1) is 7.65. The summed E-state index contributed by atoms with van der Waals surface area (Å²) in [6.45, 7) is 6.16. The van der Waals surface area contributed by atoms with Gasteiger partial charge in [-0.1, -0.05) is 18.5 Å². The van der Waals surface area contributed by atoms with Crippen molar-refractivity contribution in [1.29, 1.82) is 0 Å². The van der Waals surface area contributed by atoms with Crippen molar-refractivity contribution in [3.8, 4) is 0 Å². The van der Waals surface area contributed by atoms with Crippen LogP contribution in [0.15, 0.2) is 10.6 Å². The van der Waals surface area contributed by atoms with Gasteiger partial charge in [0.15, 0.2) is 0 Å². The fraction of sp³-hybridized carbons (Fsp3) is 0.500. The first-order valence-corrected chi connectivity index (χ1v) is 5.43. The Morgan fingerprint density at radius 1 is 1.50 bits per heavy atom. The van der Waals surface area contributed by atoms with Crippen LogP contribution in [-0.4, -0.2) is 17.7 Å². The summed E-state index contributed by atoms with van der Waals surface area (Å²) in [6, 6.07) is 0. The summed E-state index contributed by atoms with van der Waals surface area (Å²) >= 11 is 0. The quantitative estimate of drug-likeness (QED) is 0.437. The summed E-state index contributed by atoms with van der Waals surface area (Å²) < 4.78 is 9.96. The van der Waals surface area contributed by atoms with Crippen molar-refractivity contribution in [3.63, 3.8) is 0 Å². The smallest absolute Gasteiger partial charge is 0.330 e. The number of esters is 1. The van der Waals surface area contributed by atoms with Crippen LogP contribution in [0.2, 0.25) is 0 Å². The van der Waals surface area contributed by atoms with Crippen LogP contribution >= 0.6 is 0 Å². The van der Waals surface area contributed by atoms with Crippen molar-refractivity contribution in [2.24, 2.45) is 0 Å². The number of hydrogen-bond acceptors (Lipinski definition) is 4. The minimum Gasteiger partial charge on any atom is -0.463 e. The van der Waals surface area contributed by atoms with E-state index in [0.29, 0.717) is 12.4 Å². The van der Waals surface area contributed by atoms with Crippen LogP contribution in [0.4, 0.5) is 0 Å². The molecule has 4 heteroatoms. The summed E-state index contributed by atoms with van der Waals surface area (Å²) in [6.07, 6.45) is 4.99. The van der Waals surface area contributed by atoms with E-state index < -0.39 is 0 Å². The molecule has 0 aliphatic heterocycles. The van der Waals surface area contributed by atoms with Gasteiger partial charge in [0, 0.05) is 11.6 Å². The van der Waals surface area contributed by atoms with Crippen LogP contribution in [0.3, 0.4) is 0 Å². The third-order valence-electron chi connectivity index (χ3n) is 2.22. The second-order valence-electron chi connectivity index (χ2n) is 3.59. The molecule has 16 heavy (non-hydrogen) atoms. The predicted molar refractivity (Wildman–Crippen MR) is 60.9 cm³/mol. The van der Waals surface area contributed by atoms with Gasteiger partial charge in [-0.15, -0.1) is 0 Å². The number of aromatic nitrogens is 1. The summed E-state index contributed by atoms with van der Waals surface area (Å²) in [4.78, 5) is 11.3. The van der Waals surface area contributed by atoms with E-state index in [9.17, 15) is 4.79 Å². The minimum atomic E-state index is -0.326. The first kappa shape index (κ1) is 12.5. The molecule has 0 saturated carbocycles. The minimum absolute atomic E-state index is 0.326. The topological polar surface area (TPSA) is 52.3 Å². The number of nitrogens with zero attached hydrogens (tertiary/aromatic N) is 1. The fourth-order valence-electron chi connectivity index (χ4n) is 1.24. The third-order valence-corrected chi connectivity index (χ3v) is 2.22. The van der Waals surface area contributed by atoms with E-state index in [1.165, 1.54) is 6.08 Å². The van der Waals surface area contributed by atoms with Crippen molar-refractivity contribution in [1.82, 2.24) is 5.16 Å². The fourth-order valence-corrected chi connectivity index (χ4v) is 1.24. The molecule has 1 rings (SSSR count). The molecule has 0 aromatic carbocycles. The molecule has 0 radical (unpaired) electrons. The Balaban J connectivity index is 2.50. The Bertz CT molecular complexity index is 360. The van der Waals surface area contributed by atoms with Crippen LogP contribution < -0.4 is 0 Å². The molecule has 88 valence electrons. The number of unbranched alkanes of at least 4 members (excludes halogenated alkanes) is 1. The molecule has 0 bridgehead atoms. The Kier molecular flexibility index (Phi) is 4.76. The van der Waals surface area contributed by atoms with Gasteiger partial charge in [-0.05, 0) is 26.3 Å². The lowest BCUT2D eigenvalue weighted by atomic mass is 10.2. The first-order valence-electron chi connectivity index (χ1n) is 5.43. The van der Waals surface area contributed by atoms with E-state index in [-0.39, 0.29) is 5.97 Å². The number of hydrogen-bond donors (Lipinski definition) is 0.